The topological polar surface area (TPSA) is 59.7 Å². The summed E-state index contributed by atoms with van der Waals surface area (Å²) in [5.74, 6) is 0.642. The van der Waals surface area contributed by atoms with Crippen LogP contribution < -0.4 is 4.74 Å². The Morgan fingerprint density at radius 1 is 1.82 bits per heavy atom. The average Bonchev–Trinajstić information content (AvgIpc) is 2.09. The second-order valence-corrected chi connectivity index (χ2v) is 2.62. The molecule has 0 fully saturated rings. The highest BCUT2D eigenvalue weighted by molar-refractivity contribution is 9.10. The van der Waals surface area contributed by atoms with Crippen LogP contribution >= 0.6 is 15.9 Å². The molecule has 1 aromatic heterocycles. The standard InChI is InChI=1S/C6H5BrO4/c1-3-4(11-6(8)9)2-5(7)10-3/h2H,1H3,(H,8,9). The second kappa shape index (κ2) is 2.96. The average molecular weight is 221 g/mol. The second-order valence-electron chi connectivity index (χ2n) is 1.84. The summed E-state index contributed by atoms with van der Waals surface area (Å²) < 4.78 is 9.75. The maximum atomic E-state index is 10.1. The van der Waals surface area contributed by atoms with Crippen molar-refractivity contribution in [1.29, 1.82) is 0 Å². The molecular formula is C6H5BrO4. The van der Waals surface area contributed by atoms with Gasteiger partial charge in [-0.25, -0.2) is 4.79 Å². The lowest BCUT2D eigenvalue weighted by atomic mass is 10.4. The van der Waals surface area contributed by atoms with Crippen molar-refractivity contribution in [2.24, 2.45) is 0 Å². The molecule has 0 aliphatic rings. The summed E-state index contributed by atoms with van der Waals surface area (Å²) in [6.45, 7) is 1.61. The molecule has 0 saturated heterocycles. The van der Waals surface area contributed by atoms with Gasteiger partial charge in [0.25, 0.3) is 0 Å². The summed E-state index contributed by atoms with van der Waals surface area (Å²) in [6.07, 6.45) is -1.35. The summed E-state index contributed by atoms with van der Waals surface area (Å²) in [4.78, 5) is 10.1. The predicted molar refractivity (Wildman–Crippen MR) is 39.8 cm³/mol. The van der Waals surface area contributed by atoms with E-state index >= 15 is 0 Å². The van der Waals surface area contributed by atoms with Crippen LogP contribution in [0.3, 0.4) is 0 Å². The first kappa shape index (κ1) is 8.13. The van der Waals surface area contributed by atoms with Gasteiger partial charge < -0.3 is 14.3 Å². The van der Waals surface area contributed by atoms with Crippen molar-refractivity contribution < 1.29 is 19.1 Å². The van der Waals surface area contributed by atoms with E-state index in [0.29, 0.717) is 10.4 Å². The van der Waals surface area contributed by atoms with Gasteiger partial charge in [-0.15, -0.1) is 0 Å². The Balaban J connectivity index is 2.85. The van der Waals surface area contributed by atoms with E-state index in [4.69, 9.17) is 9.52 Å². The van der Waals surface area contributed by atoms with Gasteiger partial charge in [0.2, 0.25) is 0 Å². The first-order valence-electron chi connectivity index (χ1n) is 2.76. The molecule has 1 heterocycles. The zero-order chi connectivity index (χ0) is 8.43. The highest BCUT2D eigenvalue weighted by Gasteiger charge is 2.09. The molecule has 0 radical (unpaired) electrons. The molecule has 0 aliphatic carbocycles. The van der Waals surface area contributed by atoms with Crippen molar-refractivity contribution in [3.8, 4) is 5.75 Å². The van der Waals surface area contributed by atoms with Gasteiger partial charge in [0.1, 0.15) is 5.76 Å². The summed E-state index contributed by atoms with van der Waals surface area (Å²) >= 11 is 3.03. The minimum atomic E-state index is -1.35. The number of aryl methyl sites for hydroxylation is 1. The number of hydrogen-bond donors (Lipinski definition) is 1. The highest BCUT2D eigenvalue weighted by Crippen LogP contribution is 2.26. The molecule has 0 unspecified atom stereocenters. The number of carbonyl (C=O) groups is 1. The fourth-order valence-electron chi connectivity index (χ4n) is 0.626. The zero-order valence-corrected chi connectivity index (χ0v) is 7.21. The summed E-state index contributed by atoms with van der Waals surface area (Å²) in [5.41, 5.74) is 0. The third kappa shape index (κ3) is 1.98. The van der Waals surface area contributed by atoms with E-state index < -0.39 is 6.16 Å². The molecule has 0 amide bonds. The number of ether oxygens (including phenoxy) is 1. The number of furan rings is 1. The molecule has 1 rings (SSSR count). The summed E-state index contributed by atoms with van der Waals surface area (Å²) in [5, 5.41) is 8.22. The van der Waals surface area contributed by atoms with Crippen LogP contribution in [-0.2, 0) is 0 Å². The van der Waals surface area contributed by atoms with Crippen LogP contribution in [0.4, 0.5) is 4.79 Å². The van der Waals surface area contributed by atoms with Gasteiger partial charge in [0.15, 0.2) is 10.4 Å². The fraction of sp³-hybridized carbons (Fsp3) is 0.167. The molecule has 4 nitrogen and oxygen atoms in total. The van der Waals surface area contributed by atoms with Gasteiger partial charge in [-0.2, -0.15) is 0 Å². The van der Waals surface area contributed by atoms with Gasteiger partial charge in [-0.05, 0) is 22.9 Å². The number of hydrogen-bond acceptors (Lipinski definition) is 3. The van der Waals surface area contributed by atoms with E-state index in [1.807, 2.05) is 0 Å². The van der Waals surface area contributed by atoms with Gasteiger partial charge in [0.05, 0.1) is 0 Å². The Morgan fingerprint density at radius 3 is 2.82 bits per heavy atom. The van der Waals surface area contributed by atoms with Crippen LogP contribution in [-0.4, -0.2) is 11.3 Å². The van der Waals surface area contributed by atoms with Gasteiger partial charge >= 0.3 is 6.16 Å². The molecule has 0 saturated carbocycles. The lowest BCUT2D eigenvalue weighted by Gasteiger charge is -1.93. The molecule has 11 heavy (non-hydrogen) atoms. The number of carboxylic acid groups (broad SMARTS) is 1. The molecule has 0 aliphatic heterocycles. The van der Waals surface area contributed by atoms with Crippen LogP contribution in [0.5, 0.6) is 5.75 Å². The number of rotatable bonds is 1. The van der Waals surface area contributed by atoms with E-state index in [0.717, 1.165) is 0 Å². The Morgan fingerprint density at radius 2 is 2.45 bits per heavy atom. The molecule has 0 aromatic carbocycles. The Hall–Kier alpha value is -0.970. The van der Waals surface area contributed by atoms with Crippen LogP contribution in [0, 0.1) is 6.92 Å². The third-order valence-corrected chi connectivity index (χ3v) is 1.43. The predicted octanol–water partition coefficient (Wildman–Crippen LogP) is 2.41. The first-order chi connectivity index (χ1) is 5.09. The lowest BCUT2D eigenvalue weighted by molar-refractivity contribution is 0.143. The van der Waals surface area contributed by atoms with E-state index in [-0.39, 0.29) is 5.75 Å². The van der Waals surface area contributed by atoms with E-state index in [9.17, 15) is 4.79 Å². The normalized spacial score (nSPS) is 9.64. The minimum Gasteiger partial charge on any atom is -0.451 e. The van der Waals surface area contributed by atoms with Crippen LogP contribution in [0.25, 0.3) is 0 Å². The van der Waals surface area contributed by atoms with Crippen LogP contribution in [0.2, 0.25) is 0 Å². The van der Waals surface area contributed by atoms with Gasteiger partial charge in [0, 0.05) is 6.07 Å². The largest absolute Gasteiger partial charge is 0.511 e. The molecule has 1 N–H and O–H groups in total. The SMILES string of the molecule is Cc1oc(Br)cc1OC(=O)O. The van der Waals surface area contributed by atoms with E-state index in [2.05, 4.69) is 20.7 Å². The molecule has 0 atom stereocenters. The maximum absolute atomic E-state index is 10.1. The molecule has 5 heteroatoms. The van der Waals surface area contributed by atoms with Crippen molar-refractivity contribution in [2.75, 3.05) is 0 Å². The van der Waals surface area contributed by atoms with E-state index in [1.165, 1.54) is 6.07 Å². The van der Waals surface area contributed by atoms with Crippen molar-refractivity contribution >= 4 is 22.1 Å². The Kier molecular flexibility index (Phi) is 2.19. The lowest BCUT2D eigenvalue weighted by Crippen LogP contribution is -2.02. The molecule has 60 valence electrons. The quantitative estimate of drug-likeness (QED) is 0.739. The zero-order valence-electron chi connectivity index (χ0n) is 5.63. The van der Waals surface area contributed by atoms with Crippen molar-refractivity contribution in [1.82, 2.24) is 0 Å². The smallest absolute Gasteiger partial charge is 0.451 e. The molecular weight excluding hydrogens is 216 g/mol. The van der Waals surface area contributed by atoms with Crippen molar-refractivity contribution in [3.05, 3.63) is 16.5 Å². The third-order valence-electron chi connectivity index (χ3n) is 1.04. The van der Waals surface area contributed by atoms with Gasteiger partial charge in [-0.1, -0.05) is 0 Å². The summed E-state index contributed by atoms with van der Waals surface area (Å²) in [6, 6.07) is 1.45. The monoisotopic (exact) mass is 220 g/mol. The fourth-order valence-corrected chi connectivity index (χ4v) is 1.08. The van der Waals surface area contributed by atoms with Crippen molar-refractivity contribution in [3.63, 3.8) is 0 Å². The molecule has 0 spiro atoms. The van der Waals surface area contributed by atoms with Gasteiger partial charge in [-0.3, -0.25) is 0 Å². The van der Waals surface area contributed by atoms with Crippen LogP contribution in [0.1, 0.15) is 5.76 Å². The Labute approximate surface area is 70.9 Å². The number of halogens is 1. The Bertz CT molecular complexity index is 278. The van der Waals surface area contributed by atoms with Crippen LogP contribution in [0.15, 0.2) is 15.2 Å². The molecule has 0 bridgehead atoms. The maximum Gasteiger partial charge on any atom is 0.511 e. The van der Waals surface area contributed by atoms with E-state index in [1.54, 1.807) is 6.92 Å². The highest BCUT2D eigenvalue weighted by atomic mass is 79.9. The first-order valence-corrected chi connectivity index (χ1v) is 3.55. The molecule has 1 aromatic rings. The minimum absolute atomic E-state index is 0.212. The summed E-state index contributed by atoms with van der Waals surface area (Å²) in [7, 11) is 0. The van der Waals surface area contributed by atoms with Crippen molar-refractivity contribution in [2.45, 2.75) is 6.92 Å².